The first kappa shape index (κ1) is 18.9. The van der Waals surface area contributed by atoms with E-state index < -0.39 is 5.92 Å². The lowest BCUT2D eigenvalue weighted by Gasteiger charge is -2.21. The molecule has 0 aromatic carbocycles. The van der Waals surface area contributed by atoms with Gasteiger partial charge in [0, 0.05) is 30.8 Å². The molecule has 0 radical (unpaired) electrons. The Kier molecular flexibility index (Phi) is 4.45. The van der Waals surface area contributed by atoms with Crippen molar-refractivity contribution in [3.63, 3.8) is 0 Å². The molecule has 0 aliphatic carbocycles. The number of rotatable bonds is 3. The zero-order valence-corrected chi connectivity index (χ0v) is 16.6. The highest BCUT2D eigenvalue weighted by molar-refractivity contribution is 6.31. The molecule has 28 heavy (non-hydrogen) atoms. The molecule has 0 saturated carbocycles. The van der Waals surface area contributed by atoms with Crippen LogP contribution in [0.1, 0.15) is 38.6 Å². The number of halogens is 3. The van der Waals surface area contributed by atoms with Gasteiger partial charge in [-0.3, -0.25) is 4.98 Å². The zero-order valence-electron chi connectivity index (χ0n) is 15.8. The van der Waals surface area contributed by atoms with E-state index in [0.717, 1.165) is 5.56 Å². The second kappa shape index (κ2) is 6.58. The summed E-state index contributed by atoms with van der Waals surface area (Å²) < 4.78 is 27.6. The van der Waals surface area contributed by atoms with E-state index in [1.54, 1.807) is 23.4 Å². The molecule has 1 fully saturated rings. The summed E-state index contributed by atoms with van der Waals surface area (Å²) in [4.78, 5) is 16.1. The van der Waals surface area contributed by atoms with E-state index in [1.807, 2.05) is 20.8 Å². The van der Waals surface area contributed by atoms with Crippen molar-refractivity contribution in [2.45, 2.75) is 45.1 Å². The predicted molar refractivity (Wildman–Crippen MR) is 102 cm³/mol. The molecule has 1 aliphatic heterocycles. The molecule has 1 aliphatic rings. The summed E-state index contributed by atoms with van der Waals surface area (Å²) >= 11 is 6.17. The molecule has 0 unspecified atom stereocenters. The minimum absolute atomic E-state index is 0.204. The number of nitrogens with zero attached hydrogens (tertiary/aromatic N) is 7. The topological polar surface area (TPSA) is 72.6 Å². The van der Waals surface area contributed by atoms with E-state index in [9.17, 15) is 8.78 Å². The molecule has 0 N–H and O–H groups in total. The zero-order chi connectivity index (χ0) is 20.1. The van der Waals surface area contributed by atoms with Crippen molar-refractivity contribution in [1.29, 1.82) is 0 Å². The maximum atomic E-state index is 13.8. The molecule has 0 spiro atoms. The molecule has 10 heteroatoms. The van der Waals surface area contributed by atoms with Crippen molar-refractivity contribution in [2.75, 3.05) is 18.0 Å². The van der Waals surface area contributed by atoms with Crippen LogP contribution in [-0.4, -0.2) is 49.0 Å². The van der Waals surface area contributed by atoms with Gasteiger partial charge in [-0.15, -0.1) is 10.2 Å². The van der Waals surface area contributed by atoms with Gasteiger partial charge in [-0.1, -0.05) is 32.4 Å². The summed E-state index contributed by atoms with van der Waals surface area (Å²) in [6, 6.07) is 1.78. The molecule has 3 aromatic rings. The maximum Gasteiger partial charge on any atom is 0.266 e. The summed E-state index contributed by atoms with van der Waals surface area (Å²) in [6.45, 7) is 6.06. The van der Waals surface area contributed by atoms with Gasteiger partial charge in [0.2, 0.25) is 5.65 Å². The maximum absolute atomic E-state index is 13.8. The Hall–Kier alpha value is -2.42. The van der Waals surface area contributed by atoms with Gasteiger partial charge in [0.1, 0.15) is 5.82 Å². The summed E-state index contributed by atoms with van der Waals surface area (Å²) in [5.41, 5.74) is 1.24. The Morgan fingerprint density at radius 1 is 1.21 bits per heavy atom. The highest BCUT2D eigenvalue weighted by Gasteiger charge is 2.40. The van der Waals surface area contributed by atoms with E-state index in [2.05, 4.69) is 25.1 Å². The third-order valence-electron chi connectivity index (χ3n) is 4.58. The van der Waals surface area contributed by atoms with Gasteiger partial charge in [0.25, 0.3) is 5.92 Å². The van der Waals surface area contributed by atoms with Crippen molar-refractivity contribution in [1.82, 2.24) is 29.9 Å². The Bertz CT molecular complexity index is 1030. The fourth-order valence-electron chi connectivity index (χ4n) is 3.07. The summed E-state index contributed by atoms with van der Waals surface area (Å²) in [6.07, 6.45) is 2.99. The van der Waals surface area contributed by atoms with Crippen LogP contribution < -0.4 is 4.90 Å². The third-order valence-corrected chi connectivity index (χ3v) is 4.92. The number of aromatic nitrogens is 6. The molecular formula is C18H20ClF2N7. The normalized spacial score (nSPS) is 16.9. The SMILES string of the molecule is CC(C)(C)c1nc(N2CCC(F)(F)C2)c2nn(Cc3ccncc3Cl)nc2n1. The number of fused-ring (bicyclic) bond motifs is 1. The van der Waals surface area contributed by atoms with Crippen LogP contribution in [0.5, 0.6) is 0 Å². The summed E-state index contributed by atoms with van der Waals surface area (Å²) in [5.74, 6) is -1.79. The molecular weight excluding hydrogens is 388 g/mol. The van der Waals surface area contributed by atoms with Crippen LogP contribution in [0.25, 0.3) is 11.2 Å². The summed E-state index contributed by atoms with van der Waals surface area (Å²) in [5, 5.41) is 9.44. The van der Waals surface area contributed by atoms with E-state index >= 15 is 0 Å². The molecule has 4 heterocycles. The first-order valence-electron chi connectivity index (χ1n) is 8.97. The first-order chi connectivity index (χ1) is 13.1. The van der Waals surface area contributed by atoms with Gasteiger partial charge < -0.3 is 4.90 Å². The van der Waals surface area contributed by atoms with Crippen molar-refractivity contribution >= 4 is 28.6 Å². The standard InChI is InChI=1S/C18H20ClF2N7/c1-17(2,3)16-23-14-13(15(24-16)27-7-5-18(20,21)10-27)25-28(26-14)9-11-4-6-22-8-12(11)19/h4,6,8H,5,7,9-10H2,1-3H3. The van der Waals surface area contributed by atoms with Gasteiger partial charge in [-0.05, 0) is 11.6 Å². The lowest BCUT2D eigenvalue weighted by atomic mass is 9.96. The van der Waals surface area contributed by atoms with Crippen molar-refractivity contribution < 1.29 is 8.78 Å². The van der Waals surface area contributed by atoms with E-state index in [-0.39, 0.29) is 24.9 Å². The lowest BCUT2D eigenvalue weighted by molar-refractivity contribution is 0.0257. The Labute approximate surface area is 165 Å². The molecule has 0 amide bonds. The fraction of sp³-hybridized carbons (Fsp3) is 0.500. The van der Waals surface area contributed by atoms with Gasteiger partial charge >= 0.3 is 0 Å². The van der Waals surface area contributed by atoms with Crippen molar-refractivity contribution in [3.05, 3.63) is 34.9 Å². The molecule has 0 atom stereocenters. The third kappa shape index (κ3) is 3.63. The van der Waals surface area contributed by atoms with Crippen LogP contribution in [0.2, 0.25) is 5.02 Å². The highest BCUT2D eigenvalue weighted by Crippen LogP contribution is 2.34. The van der Waals surface area contributed by atoms with Crippen LogP contribution in [0.15, 0.2) is 18.5 Å². The van der Waals surface area contributed by atoms with Crippen LogP contribution >= 0.6 is 11.6 Å². The molecule has 4 rings (SSSR count). The summed E-state index contributed by atoms with van der Waals surface area (Å²) in [7, 11) is 0. The van der Waals surface area contributed by atoms with Gasteiger partial charge in [-0.25, -0.2) is 18.7 Å². The minimum atomic E-state index is -2.74. The predicted octanol–water partition coefficient (Wildman–Crippen LogP) is 3.46. The Balaban J connectivity index is 1.80. The van der Waals surface area contributed by atoms with Gasteiger partial charge in [0.05, 0.1) is 18.1 Å². The lowest BCUT2D eigenvalue weighted by Crippen LogP contribution is -2.27. The van der Waals surface area contributed by atoms with Crippen LogP contribution in [-0.2, 0) is 12.0 Å². The van der Waals surface area contributed by atoms with Crippen molar-refractivity contribution in [2.24, 2.45) is 0 Å². The van der Waals surface area contributed by atoms with E-state index in [0.29, 0.717) is 34.4 Å². The van der Waals surface area contributed by atoms with Crippen LogP contribution in [0.4, 0.5) is 14.6 Å². The monoisotopic (exact) mass is 407 g/mol. The average molecular weight is 408 g/mol. The second-order valence-electron chi connectivity index (χ2n) is 8.02. The Morgan fingerprint density at radius 2 is 2.00 bits per heavy atom. The number of hydrogen-bond acceptors (Lipinski definition) is 6. The van der Waals surface area contributed by atoms with E-state index in [1.165, 1.54) is 4.80 Å². The molecule has 148 valence electrons. The smallest absolute Gasteiger partial charge is 0.266 e. The quantitative estimate of drug-likeness (QED) is 0.662. The number of pyridine rings is 1. The largest absolute Gasteiger partial charge is 0.348 e. The van der Waals surface area contributed by atoms with Gasteiger partial charge in [-0.2, -0.15) is 4.80 Å². The molecule has 3 aromatic heterocycles. The van der Waals surface area contributed by atoms with Crippen LogP contribution in [0, 0.1) is 0 Å². The second-order valence-corrected chi connectivity index (χ2v) is 8.43. The number of hydrogen-bond donors (Lipinski definition) is 0. The molecule has 1 saturated heterocycles. The highest BCUT2D eigenvalue weighted by atomic mass is 35.5. The van der Waals surface area contributed by atoms with Crippen LogP contribution in [0.3, 0.4) is 0 Å². The fourth-order valence-corrected chi connectivity index (χ4v) is 3.24. The number of anilines is 1. The van der Waals surface area contributed by atoms with E-state index in [4.69, 9.17) is 11.6 Å². The van der Waals surface area contributed by atoms with Gasteiger partial charge in [0.15, 0.2) is 11.3 Å². The Morgan fingerprint density at radius 3 is 2.64 bits per heavy atom. The average Bonchev–Trinajstić information content (AvgIpc) is 3.17. The minimum Gasteiger partial charge on any atom is -0.348 e. The first-order valence-corrected chi connectivity index (χ1v) is 9.35. The molecule has 0 bridgehead atoms. The number of alkyl halides is 2. The molecule has 7 nitrogen and oxygen atoms in total. The van der Waals surface area contributed by atoms with Crippen molar-refractivity contribution in [3.8, 4) is 0 Å².